The summed E-state index contributed by atoms with van der Waals surface area (Å²) in [6.45, 7) is 0.883. The van der Waals surface area contributed by atoms with Gasteiger partial charge in [0, 0.05) is 19.1 Å². The van der Waals surface area contributed by atoms with Gasteiger partial charge in [-0.1, -0.05) is 0 Å². The maximum atomic E-state index is 10.5. The normalized spacial score (nSPS) is 23.8. The molecule has 0 aromatic rings. The molecule has 0 spiro atoms. The van der Waals surface area contributed by atoms with Crippen LogP contribution >= 0.6 is 0 Å². The Morgan fingerprint density at radius 3 is 2.25 bits per heavy atom. The summed E-state index contributed by atoms with van der Waals surface area (Å²) < 4.78 is 34.5. The van der Waals surface area contributed by atoms with E-state index in [-0.39, 0.29) is 0 Å². The van der Waals surface area contributed by atoms with E-state index in [9.17, 15) is 8.42 Å². The molecule has 1 fully saturated rings. The van der Waals surface area contributed by atoms with E-state index in [0.29, 0.717) is 26.1 Å². The zero-order chi connectivity index (χ0) is 9.19. The van der Waals surface area contributed by atoms with Crippen molar-refractivity contribution in [1.29, 1.82) is 0 Å². The topological polar surface area (TPSA) is 83.8 Å². The molecule has 0 aliphatic carbocycles. The molecule has 2 N–H and O–H groups in total. The molecule has 12 heavy (non-hydrogen) atoms. The summed E-state index contributed by atoms with van der Waals surface area (Å²) in [5, 5.41) is 9.12. The van der Waals surface area contributed by atoms with Gasteiger partial charge in [0.25, 0.3) is 10.1 Å². The lowest BCUT2D eigenvalue weighted by Gasteiger charge is -2.24. The Balaban J connectivity index is 2.57. The number of hydrogen-bond donors (Lipinski definition) is 2. The van der Waals surface area contributed by atoms with Gasteiger partial charge in [0.2, 0.25) is 0 Å². The number of rotatable bonds is 2. The third-order valence-corrected chi connectivity index (χ3v) is 2.97. The Kier molecular flexibility index (Phi) is 3.05. The zero-order valence-corrected chi connectivity index (χ0v) is 7.33. The second-order valence-corrected chi connectivity index (χ2v) is 4.37. The van der Waals surface area contributed by atoms with Crippen LogP contribution in [-0.4, -0.2) is 36.7 Å². The van der Waals surface area contributed by atoms with Gasteiger partial charge in [-0.15, -0.1) is 0 Å². The van der Waals surface area contributed by atoms with Crippen molar-refractivity contribution in [2.24, 2.45) is 5.92 Å². The summed E-state index contributed by atoms with van der Waals surface area (Å²) >= 11 is 0. The number of aliphatic hydroxyl groups is 1. The Hall–Kier alpha value is -0.170. The highest BCUT2D eigenvalue weighted by Gasteiger charge is 2.30. The van der Waals surface area contributed by atoms with Crippen molar-refractivity contribution in [2.75, 3.05) is 13.2 Å². The van der Waals surface area contributed by atoms with Gasteiger partial charge in [-0.3, -0.25) is 4.55 Å². The van der Waals surface area contributed by atoms with Crippen LogP contribution in [0, 0.1) is 5.92 Å². The second-order valence-electron chi connectivity index (χ2n) is 2.86. The fraction of sp³-hybridized carbons (Fsp3) is 1.00. The van der Waals surface area contributed by atoms with Gasteiger partial charge in [-0.2, -0.15) is 8.42 Å². The van der Waals surface area contributed by atoms with E-state index in [1.807, 2.05) is 0 Å². The van der Waals surface area contributed by atoms with Crippen LogP contribution in [0.2, 0.25) is 0 Å². The highest BCUT2D eigenvalue weighted by Crippen LogP contribution is 2.21. The van der Waals surface area contributed by atoms with Crippen LogP contribution in [-0.2, 0) is 14.9 Å². The third kappa shape index (κ3) is 2.41. The van der Waals surface area contributed by atoms with Gasteiger partial charge in [0.1, 0.15) is 0 Å². The summed E-state index contributed by atoms with van der Waals surface area (Å²) in [6.07, 6.45) is 0.946. The Labute approximate surface area is 71.1 Å². The maximum absolute atomic E-state index is 10.5. The molecule has 0 radical (unpaired) electrons. The fourth-order valence-corrected chi connectivity index (χ4v) is 2.00. The molecule has 1 atom stereocenters. The molecule has 0 aromatic carbocycles. The molecule has 5 nitrogen and oxygen atoms in total. The molecule has 72 valence electrons. The molecule has 1 heterocycles. The maximum Gasteiger partial charge on any atom is 0.292 e. The van der Waals surface area contributed by atoms with E-state index in [1.54, 1.807) is 0 Å². The van der Waals surface area contributed by atoms with Crippen molar-refractivity contribution in [3.63, 3.8) is 0 Å². The second kappa shape index (κ2) is 3.69. The fourth-order valence-electron chi connectivity index (χ4n) is 1.24. The standard InChI is InChI=1S/C6H12O5S/c7-6(12(8,9)10)5-1-3-11-4-2-5/h5-7H,1-4H2,(H,8,9,10). The summed E-state index contributed by atoms with van der Waals surface area (Å²) in [6, 6.07) is 0. The first-order chi connectivity index (χ1) is 5.52. The van der Waals surface area contributed by atoms with Gasteiger partial charge in [-0.05, 0) is 12.8 Å². The smallest absolute Gasteiger partial charge is 0.292 e. The highest BCUT2D eigenvalue weighted by molar-refractivity contribution is 7.86. The first kappa shape index (κ1) is 9.91. The first-order valence-electron chi connectivity index (χ1n) is 3.74. The monoisotopic (exact) mass is 196 g/mol. The molecule has 1 aliphatic heterocycles. The predicted octanol–water partition coefficient (Wildman–Crippen LogP) is -0.381. The van der Waals surface area contributed by atoms with Crippen molar-refractivity contribution in [2.45, 2.75) is 18.3 Å². The molecule has 0 bridgehead atoms. The van der Waals surface area contributed by atoms with E-state index in [0.717, 1.165) is 0 Å². The highest BCUT2D eigenvalue weighted by atomic mass is 32.2. The van der Waals surface area contributed by atoms with Crippen molar-refractivity contribution in [1.82, 2.24) is 0 Å². The van der Waals surface area contributed by atoms with Crippen LogP contribution < -0.4 is 0 Å². The van der Waals surface area contributed by atoms with Crippen LogP contribution in [0.4, 0.5) is 0 Å². The Bertz CT molecular complexity index is 228. The number of ether oxygens (including phenoxy) is 1. The van der Waals surface area contributed by atoms with Gasteiger partial charge in [-0.25, -0.2) is 0 Å². The molecule has 1 aliphatic rings. The molecule has 1 saturated heterocycles. The minimum absolute atomic E-state index is 0.395. The Morgan fingerprint density at radius 2 is 1.83 bits per heavy atom. The van der Waals surface area contributed by atoms with Crippen LogP contribution in [0.25, 0.3) is 0 Å². The number of hydrogen-bond acceptors (Lipinski definition) is 4. The molecule has 0 amide bonds. The van der Waals surface area contributed by atoms with Crippen LogP contribution in [0.1, 0.15) is 12.8 Å². The molecular weight excluding hydrogens is 184 g/mol. The molecule has 0 saturated carbocycles. The van der Waals surface area contributed by atoms with Crippen molar-refractivity contribution < 1.29 is 22.8 Å². The van der Waals surface area contributed by atoms with Gasteiger partial charge in [0.05, 0.1) is 0 Å². The molecule has 6 heteroatoms. The lowest BCUT2D eigenvalue weighted by Crippen LogP contribution is -2.33. The van der Waals surface area contributed by atoms with E-state index in [4.69, 9.17) is 14.4 Å². The molecule has 1 rings (SSSR count). The first-order valence-corrected chi connectivity index (χ1v) is 5.24. The van der Waals surface area contributed by atoms with Crippen LogP contribution in [0.5, 0.6) is 0 Å². The lowest BCUT2D eigenvalue weighted by molar-refractivity contribution is 0.0317. The largest absolute Gasteiger partial charge is 0.381 e. The summed E-state index contributed by atoms with van der Waals surface area (Å²) in [4.78, 5) is 0. The molecule has 0 aromatic heterocycles. The van der Waals surface area contributed by atoms with Crippen molar-refractivity contribution in [3.05, 3.63) is 0 Å². The summed E-state index contributed by atoms with van der Waals surface area (Å²) in [5.74, 6) is -0.395. The van der Waals surface area contributed by atoms with E-state index < -0.39 is 21.5 Å². The average molecular weight is 196 g/mol. The van der Waals surface area contributed by atoms with Crippen molar-refractivity contribution in [3.8, 4) is 0 Å². The van der Waals surface area contributed by atoms with E-state index >= 15 is 0 Å². The lowest BCUT2D eigenvalue weighted by atomic mass is 10.0. The summed E-state index contributed by atoms with van der Waals surface area (Å²) in [5.41, 5.74) is -1.65. The minimum atomic E-state index is -4.30. The minimum Gasteiger partial charge on any atom is -0.381 e. The quantitative estimate of drug-likeness (QED) is 0.588. The molecular formula is C6H12O5S. The average Bonchev–Trinajstić information content (AvgIpc) is 2.03. The van der Waals surface area contributed by atoms with Gasteiger partial charge in [0.15, 0.2) is 5.44 Å². The van der Waals surface area contributed by atoms with Crippen LogP contribution in [0.3, 0.4) is 0 Å². The number of aliphatic hydroxyl groups excluding tert-OH is 1. The predicted molar refractivity (Wildman–Crippen MR) is 41.1 cm³/mol. The summed E-state index contributed by atoms with van der Waals surface area (Å²) in [7, 11) is -4.30. The van der Waals surface area contributed by atoms with Gasteiger partial charge < -0.3 is 9.84 Å². The Morgan fingerprint density at radius 1 is 1.33 bits per heavy atom. The molecule has 1 unspecified atom stereocenters. The van der Waals surface area contributed by atoms with Crippen LogP contribution in [0.15, 0.2) is 0 Å². The zero-order valence-electron chi connectivity index (χ0n) is 6.51. The SMILES string of the molecule is O=S(=O)(O)C(O)C1CCOCC1. The van der Waals surface area contributed by atoms with E-state index in [1.165, 1.54) is 0 Å². The third-order valence-electron chi connectivity index (χ3n) is 1.97. The van der Waals surface area contributed by atoms with Gasteiger partial charge >= 0.3 is 0 Å². The van der Waals surface area contributed by atoms with Crippen molar-refractivity contribution >= 4 is 10.1 Å². The van der Waals surface area contributed by atoms with E-state index in [2.05, 4.69) is 0 Å².